The summed E-state index contributed by atoms with van der Waals surface area (Å²) >= 11 is 1.42. The van der Waals surface area contributed by atoms with E-state index in [9.17, 15) is 15.0 Å². The molecule has 1 aliphatic carbocycles. The molecule has 3 aromatic heterocycles. The van der Waals surface area contributed by atoms with Crippen LogP contribution in [0.3, 0.4) is 0 Å². The number of imidazole rings is 1. The lowest BCUT2D eigenvalue weighted by Gasteiger charge is -2.24. The second-order valence-corrected chi connectivity index (χ2v) is 8.14. The summed E-state index contributed by atoms with van der Waals surface area (Å²) in [6.45, 7) is 1.93. The molecule has 0 aliphatic heterocycles. The van der Waals surface area contributed by atoms with Crippen LogP contribution in [-0.2, 0) is 4.79 Å². The van der Waals surface area contributed by atoms with Gasteiger partial charge in [-0.05, 0) is 17.8 Å². The normalized spacial score (nSPS) is 25.3. The first-order valence-corrected chi connectivity index (χ1v) is 10.8. The first-order chi connectivity index (χ1) is 15.0. The van der Waals surface area contributed by atoms with E-state index in [0.29, 0.717) is 28.4 Å². The highest BCUT2D eigenvalue weighted by atomic mass is 32.1. The highest BCUT2D eigenvalue weighted by Gasteiger charge is 2.52. The average molecular weight is 442 g/mol. The molecule has 10 nitrogen and oxygen atoms in total. The van der Waals surface area contributed by atoms with E-state index in [2.05, 4.69) is 42.4 Å². The molecule has 31 heavy (non-hydrogen) atoms. The zero-order chi connectivity index (χ0) is 22.1. The number of anilines is 1. The number of aliphatic hydroxyl groups excluding tert-OH is 2. The molecule has 1 saturated carbocycles. The van der Waals surface area contributed by atoms with Gasteiger partial charge in [0.05, 0.1) is 24.4 Å². The van der Waals surface area contributed by atoms with E-state index in [1.165, 1.54) is 18.4 Å². The number of aliphatic hydroxyl groups is 2. The maximum Gasteiger partial charge on any atom is 0.225 e. The van der Waals surface area contributed by atoms with Crippen molar-refractivity contribution >= 4 is 34.2 Å². The van der Waals surface area contributed by atoms with Crippen molar-refractivity contribution in [2.24, 2.45) is 11.8 Å². The van der Waals surface area contributed by atoms with Crippen molar-refractivity contribution < 1.29 is 15.0 Å². The first-order valence-electron chi connectivity index (χ1n) is 9.91. The van der Waals surface area contributed by atoms with Crippen LogP contribution in [0.1, 0.15) is 30.2 Å². The van der Waals surface area contributed by atoms with Crippen LogP contribution in [0.25, 0.3) is 11.2 Å². The maximum atomic E-state index is 12.4. The summed E-state index contributed by atoms with van der Waals surface area (Å²) in [5.74, 6) is 5.29. The monoisotopic (exact) mass is 441 g/mol. The van der Waals surface area contributed by atoms with Crippen LogP contribution >= 0.6 is 11.3 Å². The lowest BCUT2D eigenvalue weighted by Crippen LogP contribution is -2.38. The topological polar surface area (TPSA) is 138 Å². The number of rotatable bonds is 4. The summed E-state index contributed by atoms with van der Waals surface area (Å²) in [7, 11) is 3.25. The van der Waals surface area contributed by atoms with E-state index >= 15 is 0 Å². The third-order valence-corrected chi connectivity index (χ3v) is 6.37. The number of hydrogen-bond donors (Lipinski definition) is 4. The predicted molar refractivity (Wildman–Crippen MR) is 115 cm³/mol. The van der Waals surface area contributed by atoms with E-state index < -0.39 is 24.2 Å². The van der Waals surface area contributed by atoms with Crippen molar-refractivity contribution in [1.29, 1.82) is 0 Å². The van der Waals surface area contributed by atoms with E-state index in [1.54, 1.807) is 24.1 Å². The molecule has 0 radical (unpaired) electrons. The highest BCUT2D eigenvalue weighted by molar-refractivity contribution is 7.10. The number of aromatic nitrogens is 5. The smallest absolute Gasteiger partial charge is 0.225 e. The molecular formula is C20H23N7O3S. The van der Waals surface area contributed by atoms with Crippen molar-refractivity contribution in [2.45, 2.75) is 31.6 Å². The number of fused-ring (bicyclic) bond motifs is 1. The molecule has 4 rings (SSSR count). The second kappa shape index (κ2) is 8.58. The number of amides is 1. The molecule has 1 aliphatic rings. The summed E-state index contributed by atoms with van der Waals surface area (Å²) in [5, 5.41) is 29.6. The fraction of sp³-hybridized carbons (Fsp3) is 0.450. The van der Waals surface area contributed by atoms with E-state index in [4.69, 9.17) is 0 Å². The predicted octanol–water partition coefficient (Wildman–Crippen LogP) is 0.389. The number of nitrogens with zero attached hydrogens (tertiary/aromatic N) is 5. The fourth-order valence-electron chi connectivity index (χ4n) is 4.28. The number of thiazole rings is 1. The van der Waals surface area contributed by atoms with Gasteiger partial charge in [-0.1, -0.05) is 13.3 Å². The van der Waals surface area contributed by atoms with Gasteiger partial charge in [0.1, 0.15) is 6.10 Å². The Morgan fingerprint density at radius 1 is 1.23 bits per heavy atom. The molecule has 0 spiro atoms. The molecule has 162 valence electrons. The first kappa shape index (κ1) is 21.2. The molecule has 0 bridgehead atoms. The summed E-state index contributed by atoms with van der Waals surface area (Å²) in [5.41, 5.74) is 0.984. The molecule has 0 saturated heterocycles. The Morgan fingerprint density at radius 2 is 2.03 bits per heavy atom. The zero-order valence-electron chi connectivity index (χ0n) is 17.3. The van der Waals surface area contributed by atoms with Crippen molar-refractivity contribution in [3.8, 4) is 11.8 Å². The number of carbonyl (C=O) groups excluding carboxylic acids is 1. The van der Waals surface area contributed by atoms with Gasteiger partial charge in [0.25, 0.3) is 0 Å². The van der Waals surface area contributed by atoms with Gasteiger partial charge in [-0.2, -0.15) is 0 Å². The van der Waals surface area contributed by atoms with Crippen LogP contribution in [0.4, 0.5) is 5.82 Å². The summed E-state index contributed by atoms with van der Waals surface area (Å²) in [6, 6.07) is -0.577. The Bertz CT molecular complexity index is 1150. The molecule has 11 heteroatoms. The number of nitrogens with one attached hydrogen (secondary N) is 2. The highest BCUT2D eigenvalue weighted by Crippen LogP contribution is 2.44. The largest absolute Gasteiger partial charge is 0.390 e. The van der Waals surface area contributed by atoms with Crippen LogP contribution < -0.4 is 10.6 Å². The van der Waals surface area contributed by atoms with E-state index in [-0.39, 0.29) is 17.6 Å². The summed E-state index contributed by atoms with van der Waals surface area (Å²) < 4.78 is 1.72. The Hall–Kier alpha value is -3.07. The Morgan fingerprint density at radius 3 is 2.68 bits per heavy atom. The van der Waals surface area contributed by atoms with Gasteiger partial charge < -0.3 is 25.4 Å². The summed E-state index contributed by atoms with van der Waals surface area (Å²) in [6.07, 6.45) is 1.47. The third-order valence-electron chi connectivity index (χ3n) is 5.68. The molecule has 4 N–H and O–H groups in total. The van der Waals surface area contributed by atoms with Crippen molar-refractivity contribution in [3.63, 3.8) is 0 Å². The van der Waals surface area contributed by atoms with Crippen LogP contribution in [0, 0.1) is 23.7 Å². The van der Waals surface area contributed by atoms with Gasteiger partial charge in [-0.25, -0.2) is 19.9 Å². The minimum atomic E-state index is -1.19. The maximum absolute atomic E-state index is 12.4. The minimum absolute atomic E-state index is 0.276. The molecule has 0 aromatic carbocycles. The molecule has 1 amide bonds. The fourth-order valence-corrected chi connectivity index (χ4v) is 4.76. The van der Waals surface area contributed by atoms with Crippen LogP contribution in [0.5, 0.6) is 0 Å². The number of carbonyl (C=O) groups is 1. The standard InChI is InChI=1S/C20H23N7O3S/c1-4-10-13(20(30)22-3)16(28)17(29)15(10)27-9-24-14-18(21-2)25-11(26-19(14)27)5-6-12-23-7-8-31-12/h7-10,13,15-17,28-29H,4H2,1-3H3,(H,22,30)(H,21,25,26)/t10?,13-,15+,16+,17-/m0/s1. The summed E-state index contributed by atoms with van der Waals surface area (Å²) in [4.78, 5) is 30.0. The van der Waals surface area contributed by atoms with Gasteiger partial charge in [0, 0.05) is 25.7 Å². The lowest BCUT2D eigenvalue weighted by molar-refractivity contribution is -0.129. The van der Waals surface area contributed by atoms with E-state index in [1.807, 2.05) is 12.3 Å². The van der Waals surface area contributed by atoms with Crippen molar-refractivity contribution in [3.05, 3.63) is 28.7 Å². The van der Waals surface area contributed by atoms with E-state index in [0.717, 1.165) is 0 Å². The average Bonchev–Trinajstić information content (AvgIpc) is 3.50. The third kappa shape index (κ3) is 3.63. The van der Waals surface area contributed by atoms with Gasteiger partial charge in [-0.3, -0.25) is 4.79 Å². The van der Waals surface area contributed by atoms with Gasteiger partial charge in [-0.15, -0.1) is 11.3 Å². The number of hydrogen-bond acceptors (Lipinski definition) is 9. The van der Waals surface area contributed by atoms with Crippen LogP contribution in [0.15, 0.2) is 17.9 Å². The molecule has 3 aromatic rings. The minimum Gasteiger partial charge on any atom is -0.390 e. The Balaban J connectivity index is 1.82. The Kier molecular flexibility index (Phi) is 5.86. The quantitative estimate of drug-likeness (QED) is 0.427. The lowest BCUT2D eigenvalue weighted by atomic mass is 9.89. The molecule has 1 fully saturated rings. The Labute approximate surface area is 182 Å². The molecule has 3 heterocycles. The van der Waals surface area contributed by atoms with Crippen molar-refractivity contribution in [1.82, 2.24) is 29.8 Å². The second-order valence-electron chi connectivity index (χ2n) is 7.24. The molecule has 1 unspecified atom stereocenters. The van der Waals surface area contributed by atoms with Gasteiger partial charge in [0.15, 0.2) is 22.0 Å². The molecular weight excluding hydrogens is 418 g/mol. The van der Waals surface area contributed by atoms with Gasteiger partial charge >= 0.3 is 0 Å². The van der Waals surface area contributed by atoms with Crippen LogP contribution in [0.2, 0.25) is 0 Å². The van der Waals surface area contributed by atoms with Crippen molar-refractivity contribution in [2.75, 3.05) is 19.4 Å². The van der Waals surface area contributed by atoms with Gasteiger partial charge in [0.2, 0.25) is 11.7 Å². The van der Waals surface area contributed by atoms with Crippen LogP contribution in [-0.4, -0.2) is 66.9 Å². The molecule has 5 atom stereocenters. The zero-order valence-corrected chi connectivity index (χ0v) is 18.1. The SMILES string of the molecule is CCC1[C@@H](n2cnc3c(NC)nc(C#Cc4nccs4)nc32)[C@H](O)[C@H](O)[C@H]1C(=O)NC.